The van der Waals surface area contributed by atoms with Crippen molar-refractivity contribution in [3.63, 3.8) is 0 Å². The van der Waals surface area contributed by atoms with Gasteiger partial charge in [-0.25, -0.2) is 20.2 Å². The van der Waals surface area contributed by atoms with Crippen LogP contribution >= 0.6 is 0 Å². The van der Waals surface area contributed by atoms with Gasteiger partial charge in [0.2, 0.25) is 0 Å². The van der Waals surface area contributed by atoms with E-state index in [2.05, 4.69) is 15.4 Å². The van der Waals surface area contributed by atoms with Crippen molar-refractivity contribution < 1.29 is 4.39 Å². The number of hydrogen-bond donors (Lipinski definition) is 2. The number of nitrogen functional groups attached to an aromatic ring is 1. The van der Waals surface area contributed by atoms with Crippen LogP contribution in [-0.4, -0.2) is 9.97 Å². The summed E-state index contributed by atoms with van der Waals surface area (Å²) in [6, 6.07) is 0. The number of aryl methyl sites for hydroxylation is 1. The lowest BCUT2D eigenvalue weighted by Gasteiger charge is -2.02. The Labute approximate surface area is 63.6 Å². The van der Waals surface area contributed by atoms with Gasteiger partial charge in [-0.15, -0.1) is 0 Å². The van der Waals surface area contributed by atoms with Crippen LogP contribution in [0.4, 0.5) is 10.2 Å². The van der Waals surface area contributed by atoms with Gasteiger partial charge in [0, 0.05) is 0 Å². The number of halogens is 1. The molecule has 1 aromatic rings. The van der Waals surface area contributed by atoms with Crippen molar-refractivity contribution in [2.75, 3.05) is 5.43 Å². The second-order valence-electron chi connectivity index (χ2n) is 1.98. The smallest absolute Gasteiger partial charge is 0.188 e. The van der Waals surface area contributed by atoms with E-state index < -0.39 is 5.82 Å². The van der Waals surface area contributed by atoms with Gasteiger partial charge in [0.05, 0.1) is 5.69 Å². The van der Waals surface area contributed by atoms with E-state index in [4.69, 9.17) is 5.84 Å². The highest BCUT2D eigenvalue weighted by Crippen LogP contribution is 2.10. The molecule has 4 nitrogen and oxygen atoms in total. The molecule has 0 aliphatic carbocycles. The number of hydrogen-bond acceptors (Lipinski definition) is 4. The van der Waals surface area contributed by atoms with E-state index >= 15 is 0 Å². The average Bonchev–Trinajstić information content (AvgIpc) is 2.05. The summed E-state index contributed by atoms with van der Waals surface area (Å²) >= 11 is 0. The predicted octanol–water partition coefficient (Wildman–Crippen LogP) is 0.464. The molecule has 0 aromatic carbocycles. The summed E-state index contributed by atoms with van der Waals surface area (Å²) in [7, 11) is 0. The van der Waals surface area contributed by atoms with E-state index in [-0.39, 0.29) is 5.82 Å². The molecule has 0 bridgehead atoms. The van der Waals surface area contributed by atoms with Crippen molar-refractivity contribution in [2.45, 2.75) is 13.3 Å². The fourth-order valence-electron chi connectivity index (χ4n) is 0.753. The highest BCUT2D eigenvalue weighted by atomic mass is 19.1. The van der Waals surface area contributed by atoms with Gasteiger partial charge >= 0.3 is 0 Å². The highest BCUT2D eigenvalue weighted by molar-refractivity contribution is 5.35. The Kier molecular flexibility index (Phi) is 2.32. The van der Waals surface area contributed by atoms with Gasteiger partial charge < -0.3 is 5.43 Å². The number of anilines is 1. The zero-order valence-corrected chi connectivity index (χ0v) is 6.13. The molecule has 5 heteroatoms. The van der Waals surface area contributed by atoms with E-state index in [1.165, 1.54) is 6.33 Å². The van der Waals surface area contributed by atoms with E-state index in [0.717, 1.165) is 0 Å². The van der Waals surface area contributed by atoms with Gasteiger partial charge in [-0.3, -0.25) is 0 Å². The molecule has 60 valence electrons. The zero-order valence-electron chi connectivity index (χ0n) is 6.13. The van der Waals surface area contributed by atoms with E-state index in [9.17, 15) is 4.39 Å². The van der Waals surface area contributed by atoms with Crippen molar-refractivity contribution >= 4 is 5.82 Å². The van der Waals surface area contributed by atoms with Gasteiger partial charge in [0.15, 0.2) is 11.6 Å². The molecule has 11 heavy (non-hydrogen) atoms. The minimum Gasteiger partial charge on any atom is -0.306 e. The Morgan fingerprint density at radius 1 is 1.64 bits per heavy atom. The standard InChI is InChI=1S/C6H9FN4/c1-2-4-5(7)6(11-8)10-3-9-4/h3H,2,8H2,1H3,(H,9,10,11). The van der Waals surface area contributed by atoms with Crippen LogP contribution in [0.1, 0.15) is 12.6 Å². The summed E-state index contributed by atoms with van der Waals surface area (Å²) in [5.41, 5.74) is 2.51. The Bertz CT molecular complexity index is 228. The molecule has 0 saturated heterocycles. The minimum absolute atomic E-state index is 0.0388. The van der Waals surface area contributed by atoms with Crippen LogP contribution < -0.4 is 11.3 Å². The number of rotatable bonds is 2. The van der Waals surface area contributed by atoms with Crippen molar-refractivity contribution in [3.05, 3.63) is 17.8 Å². The molecule has 0 unspecified atom stereocenters. The van der Waals surface area contributed by atoms with Crippen molar-refractivity contribution in [1.29, 1.82) is 0 Å². The van der Waals surface area contributed by atoms with Crippen molar-refractivity contribution in [1.82, 2.24) is 9.97 Å². The number of nitrogens with zero attached hydrogens (tertiary/aromatic N) is 2. The molecule has 0 radical (unpaired) electrons. The molecule has 1 aromatic heterocycles. The van der Waals surface area contributed by atoms with Crippen molar-refractivity contribution in [3.8, 4) is 0 Å². The maximum Gasteiger partial charge on any atom is 0.188 e. The molecule has 1 rings (SSSR count). The molecule has 3 N–H and O–H groups in total. The first-order valence-electron chi connectivity index (χ1n) is 3.25. The SMILES string of the molecule is CCc1ncnc(NN)c1F. The quantitative estimate of drug-likeness (QED) is 0.482. The minimum atomic E-state index is -0.475. The molecule has 0 aliphatic rings. The first-order valence-corrected chi connectivity index (χ1v) is 3.25. The van der Waals surface area contributed by atoms with Crippen molar-refractivity contribution in [2.24, 2.45) is 5.84 Å². The van der Waals surface area contributed by atoms with E-state index in [0.29, 0.717) is 12.1 Å². The van der Waals surface area contributed by atoms with Crippen LogP contribution in [0.5, 0.6) is 0 Å². The summed E-state index contributed by atoms with van der Waals surface area (Å²) in [5.74, 6) is 4.56. The molecule has 1 heterocycles. The second-order valence-corrected chi connectivity index (χ2v) is 1.98. The molecule has 0 aliphatic heterocycles. The summed E-state index contributed by atoms with van der Waals surface area (Å²) in [6.45, 7) is 1.81. The molecule has 0 saturated carbocycles. The lowest BCUT2D eigenvalue weighted by Crippen LogP contribution is -2.12. The summed E-state index contributed by atoms with van der Waals surface area (Å²) < 4.78 is 13.0. The first kappa shape index (κ1) is 7.87. The van der Waals surface area contributed by atoms with E-state index in [1.807, 2.05) is 6.92 Å². The Hall–Kier alpha value is -1.23. The maximum absolute atomic E-state index is 13.0. The summed E-state index contributed by atoms with van der Waals surface area (Å²) in [4.78, 5) is 7.31. The molecule has 0 fully saturated rings. The Balaban J connectivity index is 3.10. The van der Waals surface area contributed by atoms with Gasteiger partial charge in [0.1, 0.15) is 6.33 Å². The normalized spacial score (nSPS) is 9.73. The molecule has 0 atom stereocenters. The van der Waals surface area contributed by atoms with E-state index in [1.54, 1.807) is 0 Å². The fraction of sp³-hybridized carbons (Fsp3) is 0.333. The monoisotopic (exact) mass is 156 g/mol. The predicted molar refractivity (Wildman–Crippen MR) is 39.2 cm³/mol. The number of hydrazine groups is 1. The largest absolute Gasteiger partial charge is 0.306 e. The van der Waals surface area contributed by atoms with Crippen LogP contribution in [-0.2, 0) is 6.42 Å². The molecular weight excluding hydrogens is 147 g/mol. The first-order chi connectivity index (χ1) is 5.29. The van der Waals surface area contributed by atoms with Crippen LogP contribution in [0.3, 0.4) is 0 Å². The average molecular weight is 156 g/mol. The third-order valence-corrected chi connectivity index (χ3v) is 1.33. The summed E-state index contributed by atoms with van der Waals surface area (Å²) in [5, 5.41) is 0. The third-order valence-electron chi connectivity index (χ3n) is 1.33. The highest BCUT2D eigenvalue weighted by Gasteiger charge is 2.06. The molecule has 0 amide bonds. The molecular formula is C6H9FN4. The Morgan fingerprint density at radius 2 is 2.36 bits per heavy atom. The third kappa shape index (κ3) is 1.43. The van der Waals surface area contributed by atoms with Crippen LogP contribution in [0.15, 0.2) is 6.33 Å². The van der Waals surface area contributed by atoms with Crippen LogP contribution in [0, 0.1) is 5.82 Å². The van der Waals surface area contributed by atoms with Gasteiger partial charge in [-0.1, -0.05) is 6.92 Å². The lowest BCUT2D eigenvalue weighted by molar-refractivity contribution is 0.597. The van der Waals surface area contributed by atoms with Crippen LogP contribution in [0.2, 0.25) is 0 Å². The number of nitrogens with one attached hydrogen (secondary N) is 1. The second kappa shape index (κ2) is 3.25. The fourth-order valence-corrected chi connectivity index (χ4v) is 0.753. The van der Waals surface area contributed by atoms with Gasteiger partial charge in [0.25, 0.3) is 0 Å². The number of nitrogens with two attached hydrogens (primary N) is 1. The zero-order chi connectivity index (χ0) is 8.27. The van der Waals surface area contributed by atoms with Gasteiger partial charge in [-0.2, -0.15) is 0 Å². The Morgan fingerprint density at radius 3 is 2.91 bits per heavy atom. The number of aromatic nitrogens is 2. The lowest BCUT2D eigenvalue weighted by atomic mass is 10.3. The maximum atomic E-state index is 13.0. The summed E-state index contributed by atoms with van der Waals surface area (Å²) in [6.07, 6.45) is 1.81. The topological polar surface area (TPSA) is 63.8 Å². The van der Waals surface area contributed by atoms with Gasteiger partial charge in [-0.05, 0) is 6.42 Å². The molecule has 0 spiro atoms. The van der Waals surface area contributed by atoms with Crippen LogP contribution in [0.25, 0.3) is 0 Å².